The molecule has 1 aromatic carbocycles. The smallest absolute Gasteiger partial charge is 0.273 e. The van der Waals surface area contributed by atoms with Crippen LogP contribution in [0.1, 0.15) is 23.3 Å². The van der Waals surface area contributed by atoms with Crippen molar-refractivity contribution >= 4 is 17.2 Å². The highest BCUT2D eigenvalue weighted by Crippen LogP contribution is 2.33. The quantitative estimate of drug-likeness (QED) is 0.919. The highest BCUT2D eigenvalue weighted by molar-refractivity contribution is 7.13. The van der Waals surface area contributed by atoms with Gasteiger partial charge < -0.3 is 19.5 Å². The first-order valence-corrected chi connectivity index (χ1v) is 8.65. The van der Waals surface area contributed by atoms with Gasteiger partial charge in [0.2, 0.25) is 0 Å². The Morgan fingerprint density at radius 2 is 2.12 bits per heavy atom. The van der Waals surface area contributed by atoms with Crippen molar-refractivity contribution in [3.05, 3.63) is 29.3 Å². The molecule has 1 atom stereocenters. The molecule has 0 radical (unpaired) electrons. The van der Waals surface area contributed by atoms with E-state index in [9.17, 15) is 9.90 Å². The summed E-state index contributed by atoms with van der Waals surface area (Å²) in [6.45, 7) is 1.04. The molecule has 0 unspecified atom stereocenters. The highest BCUT2D eigenvalue weighted by Gasteiger charge is 2.25. The van der Waals surface area contributed by atoms with E-state index < -0.39 is 6.10 Å². The summed E-state index contributed by atoms with van der Waals surface area (Å²) in [5.41, 5.74) is 1.29. The summed E-state index contributed by atoms with van der Waals surface area (Å²) in [5, 5.41) is 12.2. The molecule has 0 spiro atoms. The van der Waals surface area contributed by atoms with Crippen LogP contribution < -0.4 is 9.47 Å². The molecule has 0 bridgehead atoms. The van der Waals surface area contributed by atoms with Crippen molar-refractivity contribution < 1.29 is 19.4 Å². The Kier molecular flexibility index (Phi) is 5.01. The van der Waals surface area contributed by atoms with E-state index >= 15 is 0 Å². The number of β-amino-alcohol motifs (C(OH)–C–C–N with tert-alkyl or cyclic N) is 1. The number of benzene rings is 1. The largest absolute Gasteiger partial charge is 0.493 e. The van der Waals surface area contributed by atoms with Crippen LogP contribution in [-0.4, -0.2) is 54.3 Å². The molecule has 6 nitrogen and oxygen atoms in total. The number of ether oxygens (including phenoxy) is 2. The number of hydrogen-bond donors (Lipinski definition) is 1. The Hall–Kier alpha value is -2.12. The van der Waals surface area contributed by atoms with Gasteiger partial charge in [-0.05, 0) is 31.0 Å². The lowest BCUT2D eigenvalue weighted by molar-refractivity contribution is 0.0469. The van der Waals surface area contributed by atoms with E-state index in [1.54, 1.807) is 24.5 Å². The van der Waals surface area contributed by atoms with E-state index in [1.165, 1.54) is 11.3 Å². The van der Waals surface area contributed by atoms with Gasteiger partial charge in [-0.1, -0.05) is 0 Å². The molecule has 2 aromatic rings. The van der Waals surface area contributed by atoms with Crippen LogP contribution in [0.4, 0.5) is 0 Å². The monoisotopic (exact) mass is 348 g/mol. The van der Waals surface area contributed by atoms with Crippen molar-refractivity contribution in [2.24, 2.45) is 0 Å². The van der Waals surface area contributed by atoms with Crippen LogP contribution in [0.25, 0.3) is 10.6 Å². The number of aromatic nitrogens is 1. The van der Waals surface area contributed by atoms with Gasteiger partial charge in [-0.3, -0.25) is 4.79 Å². The first-order valence-electron chi connectivity index (χ1n) is 7.77. The number of hydrogen-bond acceptors (Lipinski definition) is 6. The Labute approximate surface area is 144 Å². The molecule has 0 aliphatic carbocycles. The van der Waals surface area contributed by atoms with Crippen LogP contribution in [0.5, 0.6) is 11.5 Å². The number of carbonyl (C=O) groups is 1. The Balaban J connectivity index is 1.81. The summed E-state index contributed by atoms with van der Waals surface area (Å²) in [6, 6.07) is 5.55. The van der Waals surface area contributed by atoms with Gasteiger partial charge in [0.15, 0.2) is 11.5 Å². The van der Waals surface area contributed by atoms with Gasteiger partial charge in [0.25, 0.3) is 5.91 Å². The summed E-state index contributed by atoms with van der Waals surface area (Å²) in [6.07, 6.45) is 1.13. The molecule has 1 saturated heterocycles. The minimum atomic E-state index is -0.438. The number of carbonyl (C=O) groups excluding carboxylic acids is 1. The van der Waals surface area contributed by atoms with E-state index in [4.69, 9.17) is 9.47 Å². The average Bonchev–Trinajstić information content (AvgIpc) is 3.10. The van der Waals surface area contributed by atoms with Crippen molar-refractivity contribution in [1.82, 2.24) is 9.88 Å². The van der Waals surface area contributed by atoms with Crippen molar-refractivity contribution in [3.63, 3.8) is 0 Å². The number of methoxy groups -OCH3 is 2. The van der Waals surface area contributed by atoms with Gasteiger partial charge in [-0.15, -0.1) is 11.3 Å². The molecule has 0 saturated carbocycles. The third kappa shape index (κ3) is 3.37. The van der Waals surface area contributed by atoms with Crippen LogP contribution in [0, 0.1) is 0 Å². The molecule has 24 heavy (non-hydrogen) atoms. The topological polar surface area (TPSA) is 71.9 Å². The zero-order chi connectivity index (χ0) is 17.1. The lowest BCUT2D eigenvalue weighted by atomic mass is 10.1. The standard InChI is InChI=1S/C17H20N2O4S/c1-22-14-6-5-11(8-15(14)23-2)16-18-13(10-24-16)17(21)19-7-3-4-12(20)9-19/h5-6,8,10,12,20H,3-4,7,9H2,1-2H3/t12-/m1/s1. The Morgan fingerprint density at radius 1 is 1.33 bits per heavy atom. The molecule has 1 amide bonds. The number of rotatable bonds is 4. The van der Waals surface area contributed by atoms with Crippen LogP contribution >= 0.6 is 11.3 Å². The summed E-state index contributed by atoms with van der Waals surface area (Å²) in [7, 11) is 3.17. The van der Waals surface area contributed by atoms with Gasteiger partial charge in [-0.25, -0.2) is 4.98 Å². The lowest BCUT2D eigenvalue weighted by Crippen LogP contribution is -2.42. The SMILES string of the molecule is COc1ccc(-c2nc(C(=O)N3CCC[C@@H](O)C3)cs2)cc1OC. The molecule has 128 valence electrons. The number of aliphatic hydroxyl groups is 1. The van der Waals surface area contributed by atoms with Gasteiger partial charge in [0, 0.05) is 24.0 Å². The minimum Gasteiger partial charge on any atom is -0.493 e. The molecule has 2 heterocycles. The molecule has 1 fully saturated rings. The summed E-state index contributed by atoms with van der Waals surface area (Å²) >= 11 is 1.41. The number of amides is 1. The number of aliphatic hydroxyl groups excluding tert-OH is 1. The second kappa shape index (κ2) is 7.19. The summed E-state index contributed by atoms with van der Waals surface area (Å²) < 4.78 is 10.5. The van der Waals surface area contributed by atoms with Gasteiger partial charge >= 0.3 is 0 Å². The fourth-order valence-electron chi connectivity index (χ4n) is 2.78. The number of nitrogens with zero attached hydrogens (tertiary/aromatic N) is 2. The predicted octanol–water partition coefficient (Wildman–Crippen LogP) is 2.42. The van der Waals surface area contributed by atoms with Crippen LogP contribution in [0.3, 0.4) is 0 Å². The normalized spacial score (nSPS) is 17.6. The Bertz CT molecular complexity index is 731. The Morgan fingerprint density at radius 3 is 2.83 bits per heavy atom. The van der Waals surface area contributed by atoms with Crippen molar-refractivity contribution in [3.8, 4) is 22.1 Å². The lowest BCUT2D eigenvalue weighted by Gasteiger charge is -2.29. The van der Waals surface area contributed by atoms with E-state index in [0.29, 0.717) is 30.3 Å². The third-order valence-electron chi connectivity index (χ3n) is 4.04. The average molecular weight is 348 g/mol. The van der Waals surface area contributed by atoms with Gasteiger partial charge in [0.1, 0.15) is 10.7 Å². The fraction of sp³-hybridized carbons (Fsp3) is 0.412. The molecule has 3 rings (SSSR count). The van der Waals surface area contributed by atoms with Crippen LogP contribution in [0.2, 0.25) is 0 Å². The molecule has 1 aliphatic rings. The zero-order valence-corrected chi connectivity index (χ0v) is 14.5. The first-order chi connectivity index (χ1) is 11.6. The van der Waals surface area contributed by atoms with Gasteiger partial charge in [0.05, 0.1) is 20.3 Å². The second-order valence-corrected chi connectivity index (χ2v) is 6.51. The van der Waals surface area contributed by atoms with Crippen molar-refractivity contribution in [2.45, 2.75) is 18.9 Å². The molecular formula is C17H20N2O4S. The summed E-state index contributed by atoms with van der Waals surface area (Å²) in [4.78, 5) is 18.7. The van der Waals surface area contributed by atoms with Crippen molar-refractivity contribution in [1.29, 1.82) is 0 Å². The molecular weight excluding hydrogens is 328 g/mol. The molecule has 1 N–H and O–H groups in total. The molecule has 1 aliphatic heterocycles. The van der Waals surface area contributed by atoms with E-state index in [-0.39, 0.29) is 5.91 Å². The maximum atomic E-state index is 12.5. The molecule has 7 heteroatoms. The number of likely N-dealkylation sites (tertiary alicyclic amines) is 1. The molecule has 1 aromatic heterocycles. The van der Waals surface area contributed by atoms with Crippen LogP contribution in [-0.2, 0) is 0 Å². The minimum absolute atomic E-state index is 0.128. The second-order valence-electron chi connectivity index (χ2n) is 5.65. The van der Waals surface area contributed by atoms with E-state index in [1.807, 2.05) is 18.2 Å². The highest BCUT2D eigenvalue weighted by atomic mass is 32.1. The predicted molar refractivity (Wildman–Crippen MR) is 91.8 cm³/mol. The zero-order valence-electron chi connectivity index (χ0n) is 13.7. The van der Waals surface area contributed by atoms with E-state index in [2.05, 4.69) is 4.98 Å². The fourth-order valence-corrected chi connectivity index (χ4v) is 3.57. The number of thiazole rings is 1. The third-order valence-corrected chi connectivity index (χ3v) is 4.93. The van der Waals surface area contributed by atoms with E-state index in [0.717, 1.165) is 23.4 Å². The number of piperidine rings is 1. The maximum Gasteiger partial charge on any atom is 0.273 e. The maximum absolute atomic E-state index is 12.5. The van der Waals surface area contributed by atoms with Gasteiger partial charge in [-0.2, -0.15) is 0 Å². The summed E-state index contributed by atoms with van der Waals surface area (Å²) in [5.74, 6) is 1.14. The van der Waals surface area contributed by atoms with Crippen molar-refractivity contribution in [2.75, 3.05) is 27.3 Å². The van der Waals surface area contributed by atoms with Crippen LogP contribution in [0.15, 0.2) is 23.6 Å². The first kappa shape index (κ1) is 16.7.